The number of carbonyl (C=O) groups is 11. The fourth-order valence-corrected chi connectivity index (χ4v) is 10.3. The molecule has 0 spiro atoms. The van der Waals surface area contributed by atoms with Gasteiger partial charge < -0.3 is 80.9 Å². The van der Waals surface area contributed by atoms with Crippen LogP contribution in [0.2, 0.25) is 0 Å². The van der Waals surface area contributed by atoms with Crippen LogP contribution in [0.25, 0.3) is 0 Å². The molecular weight excluding hydrogens is 1360 g/mol. The summed E-state index contributed by atoms with van der Waals surface area (Å²) in [7, 11) is 2.59. The molecule has 7 rings (SSSR count). The highest BCUT2D eigenvalue weighted by Crippen LogP contribution is 2.26. The van der Waals surface area contributed by atoms with Gasteiger partial charge in [-0.25, -0.2) is 38.4 Å². The number of benzene rings is 3. The third-order valence-corrected chi connectivity index (χ3v) is 14.6. The zero-order valence-corrected chi connectivity index (χ0v) is 59.8. The van der Waals surface area contributed by atoms with E-state index in [-0.39, 0.29) is 106 Å². The minimum Gasteiger partial charge on any atom is -0.481 e. The summed E-state index contributed by atoms with van der Waals surface area (Å²) in [6.07, 6.45) is -1.52. The van der Waals surface area contributed by atoms with Crippen LogP contribution >= 0.6 is 0 Å². The third-order valence-electron chi connectivity index (χ3n) is 14.6. The monoisotopic (exact) mass is 1490 g/mol. The number of nitrogens with one attached hydrogen (secondary N) is 4. The maximum atomic E-state index is 12.4. The number of carbonyl (C=O) groups excluding carboxylic acids is 8. The summed E-state index contributed by atoms with van der Waals surface area (Å²) in [5.74, 6) is -4.75. The van der Waals surface area contributed by atoms with Crippen molar-refractivity contribution in [2.75, 3.05) is 46.9 Å². The molecular formula is C74H124N10O21. The molecule has 596 valence electrons. The Bertz CT molecular complexity index is 3140. The molecule has 3 aromatic rings. The van der Waals surface area contributed by atoms with Gasteiger partial charge in [-0.05, 0) is 125 Å². The summed E-state index contributed by atoms with van der Waals surface area (Å²) < 4.78 is 30.0. The molecule has 11 N–H and O–H groups in total. The van der Waals surface area contributed by atoms with Crippen LogP contribution in [0.1, 0.15) is 175 Å². The van der Waals surface area contributed by atoms with Gasteiger partial charge in [0.15, 0.2) is 0 Å². The van der Waals surface area contributed by atoms with Crippen LogP contribution in [0.4, 0.5) is 19.2 Å². The normalized spacial score (nSPS) is 19.2. The molecule has 4 aliphatic heterocycles. The first-order valence-electron chi connectivity index (χ1n) is 32.7. The predicted molar refractivity (Wildman–Crippen MR) is 398 cm³/mol. The molecule has 5 amide bonds. The Morgan fingerprint density at radius 1 is 0.438 bits per heavy atom. The van der Waals surface area contributed by atoms with Crippen LogP contribution in [0.3, 0.4) is 0 Å². The number of carboxylic acids is 3. The maximum Gasteiger partial charge on any atom is 0.441 e. The minimum absolute atomic E-state index is 0. The molecule has 31 nitrogen and oxygen atoms in total. The van der Waals surface area contributed by atoms with Crippen LogP contribution in [-0.2, 0) is 86.5 Å². The molecule has 8 atom stereocenters. The van der Waals surface area contributed by atoms with Gasteiger partial charge in [-0.1, -0.05) is 128 Å². The standard InChI is InChI=1S/C19H27N3O6.C18H26N2O4.C14H19N3O3.C10H18N2O4.C8H14O4.5CH4/c1-19(2,3)27-17(24)21-28-18(25)22-12-14(10-15(22)16(23)26-4)20-11-13-8-6-5-7-9-13;1-18(2,3)24-17(22)20-12-14(10-15(20)16(21)23-4)19-11-13-8-6-5-7-9-13;15-7-13(18)17-9-11(6-12(17)14(19)20)16-8-10-4-2-1-3-5-10;1-10(2,3)16-9(15)12-5-6(11)4-7(12)8(13)14;1-8(2,3)12-7(11)5-4-6(9)10;;;;;/h5-9,14-15,20H,10-12H2,1-4H3,(H,21,24);5-9,14-15,19H,10-12H2,1-4H3;1-5,11-12,16H,6-9,15H2,(H,19,20);6-7H,4-5,11H2,1-3H3,(H,13,14);4-5H2,1-3H3,(H,9,10);5*1H4/t2*14-,15+;11-,12+;6-,7+;;;;;;/m1111....../s1. The lowest BCUT2D eigenvalue weighted by Gasteiger charge is -2.27. The zero-order valence-electron chi connectivity index (χ0n) is 59.8. The van der Waals surface area contributed by atoms with Crippen molar-refractivity contribution in [3.05, 3.63) is 108 Å². The zero-order chi connectivity index (χ0) is 75.3. The van der Waals surface area contributed by atoms with E-state index in [4.69, 9.17) is 60.0 Å². The number of esters is 3. The number of likely N-dealkylation sites (tertiary alicyclic amines) is 4. The van der Waals surface area contributed by atoms with E-state index >= 15 is 0 Å². The summed E-state index contributed by atoms with van der Waals surface area (Å²) in [5, 5.41) is 36.4. The summed E-state index contributed by atoms with van der Waals surface area (Å²) >= 11 is 0. The number of methoxy groups -OCH3 is 2. The van der Waals surface area contributed by atoms with Crippen molar-refractivity contribution in [3.8, 4) is 0 Å². The van der Waals surface area contributed by atoms with Gasteiger partial charge >= 0.3 is 60.2 Å². The molecule has 0 bridgehead atoms. The number of amides is 5. The number of hydroxylamine groups is 1. The SMILES string of the molecule is C.C.C.C.C.CC(C)(C)OC(=O)CCC(=O)O.CC(C)(C)OC(=O)N1C[C@H](N)C[C@H]1C(=O)O.COC(=O)[C@@H]1C[C@@H](NCc2ccccc2)CN1C(=O)OC(C)(C)C.COC(=O)[C@@H]1C[C@@H](NCc2ccccc2)CN1C(=O)ONC(=O)OC(C)(C)C.NCC(=O)N1C[C@H](NCc2ccccc2)C[C@H]1C(=O)O. The van der Waals surface area contributed by atoms with Gasteiger partial charge in [0.2, 0.25) is 5.91 Å². The Kier molecular flexibility index (Phi) is 45.1. The molecule has 4 fully saturated rings. The average Bonchev–Trinajstić information content (AvgIpc) is 1.70. The number of nitrogens with two attached hydrogens (primary N) is 2. The Labute approximate surface area is 621 Å². The second kappa shape index (κ2) is 47.3. The molecule has 4 aliphatic rings. The Hall–Kier alpha value is -9.17. The molecule has 0 unspecified atom stereocenters. The van der Waals surface area contributed by atoms with Crippen molar-refractivity contribution in [2.45, 2.75) is 249 Å². The van der Waals surface area contributed by atoms with Gasteiger partial charge in [-0.3, -0.25) is 29.1 Å². The number of aliphatic carboxylic acids is 3. The molecule has 0 radical (unpaired) electrons. The lowest BCUT2D eigenvalue weighted by atomic mass is 10.1. The number of rotatable bonds is 17. The predicted octanol–water partition coefficient (Wildman–Crippen LogP) is 8.87. The van der Waals surface area contributed by atoms with Crippen molar-refractivity contribution < 1.29 is 101 Å². The van der Waals surface area contributed by atoms with E-state index in [1.165, 1.54) is 33.8 Å². The summed E-state index contributed by atoms with van der Waals surface area (Å²) in [6.45, 7) is 23.9. The number of hydrogen-bond acceptors (Lipinski definition) is 23. The molecule has 0 aromatic heterocycles. The van der Waals surface area contributed by atoms with Crippen molar-refractivity contribution in [1.82, 2.24) is 41.0 Å². The van der Waals surface area contributed by atoms with Crippen molar-refractivity contribution in [1.29, 1.82) is 0 Å². The van der Waals surface area contributed by atoms with E-state index in [2.05, 4.69) is 16.0 Å². The Balaban J connectivity index is -0.00000125. The van der Waals surface area contributed by atoms with Gasteiger partial charge in [-0.15, -0.1) is 5.48 Å². The highest BCUT2D eigenvalue weighted by Gasteiger charge is 2.45. The van der Waals surface area contributed by atoms with Crippen LogP contribution in [0.5, 0.6) is 0 Å². The smallest absolute Gasteiger partial charge is 0.441 e. The molecule has 3 aromatic carbocycles. The highest BCUT2D eigenvalue weighted by atomic mass is 16.7. The molecule has 0 aliphatic carbocycles. The van der Waals surface area contributed by atoms with Crippen LogP contribution in [0, 0.1) is 0 Å². The molecule has 4 saturated heterocycles. The molecule has 0 saturated carbocycles. The highest BCUT2D eigenvalue weighted by molar-refractivity contribution is 5.86. The van der Waals surface area contributed by atoms with E-state index in [1.54, 1.807) is 83.1 Å². The lowest BCUT2D eigenvalue weighted by Crippen LogP contribution is -2.45. The molecule has 31 heteroatoms. The van der Waals surface area contributed by atoms with Crippen molar-refractivity contribution in [2.24, 2.45) is 11.5 Å². The Morgan fingerprint density at radius 3 is 1.09 bits per heavy atom. The molecule has 4 heterocycles. The first-order chi connectivity index (χ1) is 46.6. The van der Waals surface area contributed by atoms with Gasteiger partial charge in [-0.2, -0.15) is 0 Å². The van der Waals surface area contributed by atoms with E-state index in [0.717, 1.165) is 16.7 Å². The first kappa shape index (κ1) is 100. The third kappa shape index (κ3) is 38.4. The largest absolute Gasteiger partial charge is 0.481 e. The Morgan fingerprint density at radius 2 is 0.762 bits per heavy atom. The second-order valence-corrected chi connectivity index (χ2v) is 27.8. The quantitative estimate of drug-likeness (QED) is 0.0346. The number of ether oxygens (including phenoxy) is 6. The fraction of sp³-hybridized carbons (Fsp3) is 0.608. The van der Waals surface area contributed by atoms with E-state index in [0.29, 0.717) is 52.0 Å². The fourth-order valence-electron chi connectivity index (χ4n) is 10.3. The number of nitrogens with zero attached hydrogens (tertiary/aromatic N) is 4. The number of hydrogen-bond donors (Lipinski definition) is 9. The van der Waals surface area contributed by atoms with Gasteiger partial charge in [0.1, 0.15) is 46.6 Å². The molecule has 105 heavy (non-hydrogen) atoms. The van der Waals surface area contributed by atoms with Crippen molar-refractivity contribution >= 4 is 66.1 Å². The summed E-state index contributed by atoms with van der Waals surface area (Å²) in [4.78, 5) is 137. The maximum absolute atomic E-state index is 12.4. The van der Waals surface area contributed by atoms with Crippen molar-refractivity contribution in [3.63, 3.8) is 0 Å². The lowest BCUT2D eigenvalue weighted by molar-refractivity contribution is -0.157. The summed E-state index contributed by atoms with van der Waals surface area (Å²) in [5.41, 5.74) is 13.8. The average molecular weight is 1490 g/mol. The van der Waals surface area contributed by atoms with Gasteiger partial charge in [0.05, 0.1) is 33.6 Å². The van der Waals surface area contributed by atoms with Crippen LogP contribution in [-0.4, -0.2) is 219 Å². The van der Waals surface area contributed by atoms with E-state index in [1.807, 2.05) is 96.5 Å². The van der Waals surface area contributed by atoms with Gasteiger partial charge in [0, 0.05) is 70.0 Å². The van der Waals surface area contributed by atoms with E-state index < -0.39 is 107 Å². The topological polar surface area (TPSA) is 426 Å². The summed E-state index contributed by atoms with van der Waals surface area (Å²) in [6, 6.07) is 26.1. The minimum atomic E-state index is -1.04. The number of carboxylic acid groups (broad SMARTS) is 3. The van der Waals surface area contributed by atoms with Gasteiger partial charge in [0.25, 0.3) is 0 Å². The second-order valence-electron chi connectivity index (χ2n) is 27.8. The van der Waals surface area contributed by atoms with E-state index in [9.17, 15) is 52.7 Å². The van der Waals surface area contributed by atoms with Crippen LogP contribution < -0.4 is 32.9 Å². The van der Waals surface area contributed by atoms with Crippen LogP contribution in [0.15, 0.2) is 91.0 Å². The first-order valence-corrected chi connectivity index (χ1v) is 32.7.